The van der Waals surface area contributed by atoms with Crippen molar-refractivity contribution in [2.24, 2.45) is 0 Å². The zero-order valence-electron chi connectivity index (χ0n) is 7.71. The number of hydrogen-bond acceptors (Lipinski definition) is 3. The van der Waals surface area contributed by atoms with Crippen LogP contribution in [0.4, 0.5) is 4.39 Å². The van der Waals surface area contributed by atoms with Crippen LogP contribution in [0.1, 0.15) is 0 Å². The molecule has 0 aliphatic heterocycles. The third-order valence-electron chi connectivity index (χ3n) is 1.56. The summed E-state index contributed by atoms with van der Waals surface area (Å²) in [7, 11) is 1.37. The lowest BCUT2D eigenvalue weighted by Crippen LogP contribution is -2.09. The topological polar surface area (TPSA) is 43.4 Å². The van der Waals surface area contributed by atoms with Gasteiger partial charge in [-0.3, -0.25) is 0 Å². The summed E-state index contributed by atoms with van der Waals surface area (Å²) < 4.78 is 39.7. The molecule has 0 bridgehead atoms. The number of benzene rings is 1. The third kappa shape index (κ3) is 4.45. The lowest BCUT2D eigenvalue weighted by molar-refractivity contribution is 0.337. The van der Waals surface area contributed by atoms with Crippen LogP contribution in [0.25, 0.3) is 0 Å². The van der Waals surface area contributed by atoms with Gasteiger partial charge in [-0.25, -0.2) is 12.8 Å². The van der Waals surface area contributed by atoms with Crippen molar-refractivity contribution in [2.75, 3.05) is 12.4 Å². The standard InChI is InChI=1S/C8H6BrCl2FO3S/c9-5-3-6(10)7(12)4-8(5)15-1-2-16(11,13)14/h3-4H,1-2H2. The molecule has 0 aromatic heterocycles. The van der Waals surface area contributed by atoms with Gasteiger partial charge >= 0.3 is 0 Å². The van der Waals surface area contributed by atoms with Crippen LogP contribution in [0.5, 0.6) is 5.75 Å². The Hall–Kier alpha value is -0.0400. The van der Waals surface area contributed by atoms with E-state index in [2.05, 4.69) is 15.9 Å². The van der Waals surface area contributed by atoms with Crippen LogP contribution in [-0.4, -0.2) is 20.8 Å². The second kappa shape index (κ2) is 5.53. The van der Waals surface area contributed by atoms with Crippen molar-refractivity contribution in [1.82, 2.24) is 0 Å². The van der Waals surface area contributed by atoms with E-state index in [4.69, 9.17) is 27.0 Å². The normalized spacial score (nSPS) is 11.5. The van der Waals surface area contributed by atoms with Gasteiger partial charge in [-0.05, 0) is 22.0 Å². The van der Waals surface area contributed by atoms with Gasteiger partial charge in [0.1, 0.15) is 18.2 Å². The van der Waals surface area contributed by atoms with Gasteiger partial charge in [0.2, 0.25) is 9.05 Å². The predicted octanol–water partition coefficient (Wildman–Crippen LogP) is 3.19. The van der Waals surface area contributed by atoms with E-state index in [1.165, 1.54) is 6.07 Å². The van der Waals surface area contributed by atoms with Gasteiger partial charge in [0.05, 0.1) is 15.2 Å². The van der Waals surface area contributed by atoms with Crippen LogP contribution in [0.2, 0.25) is 5.02 Å². The Morgan fingerprint density at radius 2 is 2.06 bits per heavy atom. The lowest BCUT2D eigenvalue weighted by atomic mass is 10.3. The lowest BCUT2D eigenvalue weighted by Gasteiger charge is -2.07. The Bertz CT molecular complexity index is 492. The molecule has 0 saturated carbocycles. The van der Waals surface area contributed by atoms with Crippen LogP contribution >= 0.6 is 38.2 Å². The van der Waals surface area contributed by atoms with Crippen molar-refractivity contribution in [3.8, 4) is 5.75 Å². The van der Waals surface area contributed by atoms with Gasteiger partial charge in [0.15, 0.2) is 0 Å². The largest absolute Gasteiger partial charge is 0.491 e. The summed E-state index contributed by atoms with van der Waals surface area (Å²) in [6, 6.07) is 2.38. The van der Waals surface area contributed by atoms with Crippen molar-refractivity contribution in [1.29, 1.82) is 0 Å². The van der Waals surface area contributed by atoms with E-state index in [0.29, 0.717) is 4.47 Å². The molecule has 0 spiro atoms. The molecule has 1 aromatic carbocycles. The van der Waals surface area contributed by atoms with Crippen molar-refractivity contribution in [3.63, 3.8) is 0 Å². The zero-order valence-corrected chi connectivity index (χ0v) is 11.6. The molecule has 0 aliphatic rings. The van der Waals surface area contributed by atoms with E-state index in [0.717, 1.165) is 6.07 Å². The van der Waals surface area contributed by atoms with E-state index in [-0.39, 0.29) is 23.1 Å². The van der Waals surface area contributed by atoms with Gasteiger partial charge in [-0.2, -0.15) is 0 Å². The first-order chi connectivity index (χ1) is 7.29. The minimum absolute atomic E-state index is 0.0517. The molecule has 1 rings (SSSR count). The molecule has 8 heteroatoms. The molecule has 0 fully saturated rings. The quantitative estimate of drug-likeness (QED) is 0.618. The third-order valence-corrected chi connectivity index (χ3v) is 3.59. The number of rotatable bonds is 4. The van der Waals surface area contributed by atoms with Gasteiger partial charge in [0.25, 0.3) is 0 Å². The summed E-state index contributed by atoms with van der Waals surface area (Å²) >= 11 is 8.62. The average molecular weight is 352 g/mol. The van der Waals surface area contributed by atoms with Crippen molar-refractivity contribution in [2.45, 2.75) is 0 Å². The minimum atomic E-state index is -3.61. The smallest absolute Gasteiger partial charge is 0.235 e. The molecule has 1 aromatic rings. The molecule has 0 radical (unpaired) electrons. The van der Waals surface area contributed by atoms with Gasteiger partial charge in [-0.15, -0.1) is 0 Å². The van der Waals surface area contributed by atoms with Gasteiger partial charge in [0, 0.05) is 16.7 Å². The second-order valence-electron chi connectivity index (χ2n) is 2.79. The zero-order chi connectivity index (χ0) is 12.3. The number of ether oxygens (including phenoxy) is 1. The number of hydrogen-bond donors (Lipinski definition) is 0. The molecule has 0 N–H and O–H groups in total. The maximum Gasteiger partial charge on any atom is 0.235 e. The van der Waals surface area contributed by atoms with E-state index >= 15 is 0 Å². The van der Waals surface area contributed by atoms with Crippen molar-refractivity contribution < 1.29 is 17.5 Å². The van der Waals surface area contributed by atoms with E-state index in [1.807, 2.05) is 0 Å². The van der Waals surface area contributed by atoms with Crippen molar-refractivity contribution >= 4 is 47.3 Å². The molecule has 3 nitrogen and oxygen atoms in total. The summed E-state index contributed by atoms with van der Waals surface area (Å²) in [5.41, 5.74) is 0. The Morgan fingerprint density at radius 3 is 2.62 bits per heavy atom. The predicted molar refractivity (Wildman–Crippen MR) is 64.2 cm³/mol. The number of halogens is 4. The Labute approximate surface area is 110 Å². The van der Waals surface area contributed by atoms with E-state index < -0.39 is 14.9 Å². The maximum absolute atomic E-state index is 13.0. The highest BCUT2D eigenvalue weighted by Crippen LogP contribution is 2.30. The monoisotopic (exact) mass is 350 g/mol. The van der Waals surface area contributed by atoms with Crippen LogP contribution in [-0.2, 0) is 9.05 Å². The summed E-state index contributed by atoms with van der Waals surface area (Å²) in [6.07, 6.45) is 0. The molecule has 0 aliphatic carbocycles. The van der Waals surface area contributed by atoms with Crippen LogP contribution in [0.15, 0.2) is 16.6 Å². The Kier molecular flexibility index (Phi) is 4.85. The fourth-order valence-corrected chi connectivity index (χ4v) is 2.09. The summed E-state index contributed by atoms with van der Waals surface area (Å²) in [4.78, 5) is 0. The first-order valence-corrected chi connectivity index (χ1v) is 7.64. The fraction of sp³-hybridized carbons (Fsp3) is 0.250. The average Bonchev–Trinajstić information content (AvgIpc) is 2.11. The van der Waals surface area contributed by atoms with Crippen molar-refractivity contribution in [3.05, 3.63) is 27.4 Å². The van der Waals surface area contributed by atoms with Gasteiger partial charge < -0.3 is 4.74 Å². The SMILES string of the molecule is O=S(=O)(Cl)CCOc1cc(F)c(Cl)cc1Br. The fourth-order valence-electron chi connectivity index (χ4n) is 0.866. The highest BCUT2D eigenvalue weighted by atomic mass is 79.9. The molecule has 0 saturated heterocycles. The summed E-state index contributed by atoms with van der Waals surface area (Å²) in [5, 5.41) is -0.0517. The Balaban J connectivity index is 2.71. The molecular formula is C8H6BrCl2FO3S. The minimum Gasteiger partial charge on any atom is -0.491 e. The molecule has 0 heterocycles. The maximum atomic E-state index is 13.0. The molecule has 0 amide bonds. The van der Waals surface area contributed by atoms with Crippen LogP contribution in [0.3, 0.4) is 0 Å². The molecule has 0 atom stereocenters. The highest BCUT2D eigenvalue weighted by molar-refractivity contribution is 9.10. The molecule has 16 heavy (non-hydrogen) atoms. The highest BCUT2D eigenvalue weighted by Gasteiger charge is 2.10. The van der Waals surface area contributed by atoms with Crippen LogP contribution in [0, 0.1) is 5.82 Å². The molecular weight excluding hydrogens is 346 g/mol. The molecule has 0 unspecified atom stereocenters. The first-order valence-electron chi connectivity index (χ1n) is 3.99. The van der Waals surface area contributed by atoms with E-state index in [1.54, 1.807) is 0 Å². The molecule has 90 valence electrons. The first kappa shape index (κ1) is 14.0. The summed E-state index contributed by atoms with van der Waals surface area (Å²) in [5.74, 6) is -0.832. The van der Waals surface area contributed by atoms with E-state index in [9.17, 15) is 12.8 Å². The Morgan fingerprint density at radius 1 is 1.44 bits per heavy atom. The van der Waals surface area contributed by atoms with Crippen LogP contribution < -0.4 is 4.74 Å². The van der Waals surface area contributed by atoms with Gasteiger partial charge in [-0.1, -0.05) is 11.6 Å². The summed E-state index contributed by atoms with van der Waals surface area (Å²) in [6.45, 7) is -0.161. The second-order valence-corrected chi connectivity index (χ2v) is 6.95.